The second-order valence-electron chi connectivity index (χ2n) is 7.37. The van der Waals surface area contributed by atoms with Gasteiger partial charge in [0.25, 0.3) is 11.6 Å². The minimum Gasteiger partial charge on any atom is -0.459 e. The number of nitro benzene ring substituents is 1. The Morgan fingerprint density at radius 3 is 2.31 bits per heavy atom. The zero-order valence-electron chi connectivity index (χ0n) is 16.2. The molecule has 0 atom stereocenters. The molecule has 0 aliphatic rings. The summed E-state index contributed by atoms with van der Waals surface area (Å²) in [5.41, 5.74) is -0.139. The van der Waals surface area contributed by atoms with Crippen molar-refractivity contribution in [3.8, 4) is 0 Å². The van der Waals surface area contributed by atoms with Crippen LogP contribution in [-0.4, -0.2) is 65.9 Å². The summed E-state index contributed by atoms with van der Waals surface area (Å²) in [6, 6.07) is 4.31. The third kappa shape index (κ3) is 6.79. The van der Waals surface area contributed by atoms with Crippen LogP contribution >= 0.6 is 0 Å². The van der Waals surface area contributed by atoms with Gasteiger partial charge in [-0.2, -0.15) is 0 Å². The van der Waals surface area contributed by atoms with Crippen LogP contribution < -0.4 is 0 Å². The zero-order valence-corrected chi connectivity index (χ0v) is 16.2. The number of benzene rings is 1. The molecule has 0 bridgehead atoms. The van der Waals surface area contributed by atoms with Crippen LogP contribution in [0.2, 0.25) is 0 Å². The number of nitro groups is 1. The first-order valence-electron chi connectivity index (χ1n) is 8.31. The van der Waals surface area contributed by atoms with Gasteiger partial charge in [0.2, 0.25) is 0 Å². The summed E-state index contributed by atoms with van der Waals surface area (Å²) in [7, 11) is 3.71. The van der Waals surface area contributed by atoms with Crippen LogP contribution in [0.1, 0.15) is 36.7 Å². The van der Waals surface area contributed by atoms with E-state index < -0.39 is 22.4 Å². The van der Waals surface area contributed by atoms with Crippen molar-refractivity contribution in [2.24, 2.45) is 0 Å². The monoisotopic (exact) mass is 365 g/mol. The Hall–Kier alpha value is -2.48. The minimum atomic E-state index is -0.657. The number of hydrogen-bond acceptors (Lipinski definition) is 6. The van der Waals surface area contributed by atoms with Crippen molar-refractivity contribution in [3.63, 3.8) is 0 Å². The largest absolute Gasteiger partial charge is 0.459 e. The SMILES string of the molecule is Cc1ccc(C(=O)N(CCN(C)C)CC(=O)OC(C)(C)C)cc1[N+](=O)[O-]. The van der Waals surface area contributed by atoms with Crippen LogP contribution in [0.3, 0.4) is 0 Å². The molecule has 8 heteroatoms. The second-order valence-corrected chi connectivity index (χ2v) is 7.37. The fourth-order valence-electron chi connectivity index (χ4n) is 2.22. The number of aryl methyl sites for hydroxylation is 1. The molecular weight excluding hydrogens is 338 g/mol. The number of likely N-dealkylation sites (N-methyl/N-ethyl adjacent to an activating group) is 1. The smallest absolute Gasteiger partial charge is 0.326 e. The van der Waals surface area contributed by atoms with Gasteiger partial charge in [-0.3, -0.25) is 19.7 Å². The third-order valence-corrected chi connectivity index (χ3v) is 3.50. The Bertz CT molecular complexity index is 680. The lowest BCUT2D eigenvalue weighted by atomic mass is 10.1. The van der Waals surface area contributed by atoms with Crippen LogP contribution in [0.5, 0.6) is 0 Å². The normalized spacial score (nSPS) is 11.3. The number of amides is 1. The Kier molecular flexibility index (Phi) is 7.26. The second kappa shape index (κ2) is 8.75. The first kappa shape index (κ1) is 21.6. The van der Waals surface area contributed by atoms with E-state index in [2.05, 4.69) is 0 Å². The fourth-order valence-corrected chi connectivity index (χ4v) is 2.22. The third-order valence-electron chi connectivity index (χ3n) is 3.50. The Labute approximate surface area is 153 Å². The van der Waals surface area contributed by atoms with Crippen molar-refractivity contribution < 1.29 is 19.2 Å². The van der Waals surface area contributed by atoms with Crippen molar-refractivity contribution >= 4 is 17.6 Å². The molecule has 0 unspecified atom stereocenters. The van der Waals surface area contributed by atoms with Gasteiger partial charge in [-0.15, -0.1) is 0 Å². The summed E-state index contributed by atoms with van der Waals surface area (Å²) in [4.78, 5) is 38.8. The van der Waals surface area contributed by atoms with Crippen LogP contribution in [0.15, 0.2) is 18.2 Å². The molecule has 0 radical (unpaired) electrons. The number of nitrogens with zero attached hydrogens (tertiary/aromatic N) is 3. The van der Waals surface area contributed by atoms with Gasteiger partial charge in [-0.05, 0) is 47.9 Å². The van der Waals surface area contributed by atoms with Crippen molar-refractivity contribution in [2.45, 2.75) is 33.3 Å². The lowest BCUT2D eigenvalue weighted by Crippen LogP contribution is -2.42. The van der Waals surface area contributed by atoms with Crippen molar-refractivity contribution in [3.05, 3.63) is 39.4 Å². The molecule has 0 saturated carbocycles. The van der Waals surface area contributed by atoms with E-state index in [0.29, 0.717) is 18.7 Å². The summed E-state index contributed by atoms with van der Waals surface area (Å²) in [5.74, 6) is -0.966. The van der Waals surface area contributed by atoms with Crippen LogP contribution in [0, 0.1) is 17.0 Å². The molecule has 1 aromatic rings. The van der Waals surface area contributed by atoms with Gasteiger partial charge in [0.15, 0.2) is 0 Å². The average molecular weight is 365 g/mol. The molecule has 0 heterocycles. The van der Waals surface area contributed by atoms with Gasteiger partial charge in [-0.25, -0.2) is 0 Å². The fraction of sp³-hybridized carbons (Fsp3) is 0.556. The first-order chi connectivity index (χ1) is 11.9. The van der Waals surface area contributed by atoms with Crippen LogP contribution in [0.4, 0.5) is 5.69 Å². The van der Waals surface area contributed by atoms with Gasteiger partial charge in [0, 0.05) is 30.3 Å². The minimum absolute atomic E-state index is 0.124. The van der Waals surface area contributed by atoms with E-state index in [4.69, 9.17) is 4.74 Å². The van der Waals surface area contributed by atoms with Crippen molar-refractivity contribution in [2.75, 3.05) is 33.7 Å². The molecule has 8 nitrogen and oxygen atoms in total. The van der Waals surface area contributed by atoms with E-state index in [-0.39, 0.29) is 17.8 Å². The molecule has 0 N–H and O–H groups in total. The maximum atomic E-state index is 12.8. The van der Waals surface area contributed by atoms with Crippen molar-refractivity contribution in [1.82, 2.24) is 9.80 Å². The number of carbonyl (C=O) groups excluding carboxylic acids is 2. The van der Waals surface area contributed by atoms with Crippen LogP contribution in [0.25, 0.3) is 0 Å². The highest BCUT2D eigenvalue weighted by atomic mass is 16.6. The summed E-state index contributed by atoms with van der Waals surface area (Å²) in [6.45, 7) is 7.48. The molecule has 1 rings (SSSR count). The van der Waals surface area contributed by atoms with E-state index >= 15 is 0 Å². The topological polar surface area (TPSA) is 93.0 Å². The standard InChI is InChI=1S/C18H27N3O5/c1-13-7-8-14(11-15(13)21(24)25)17(23)20(10-9-19(5)6)12-16(22)26-18(2,3)4/h7-8,11H,9-10,12H2,1-6H3. The highest BCUT2D eigenvalue weighted by Gasteiger charge is 2.24. The molecule has 0 aliphatic carbocycles. The van der Waals surface area contributed by atoms with Crippen LogP contribution in [-0.2, 0) is 9.53 Å². The molecule has 1 amide bonds. The first-order valence-corrected chi connectivity index (χ1v) is 8.31. The number of rotatable bonds is 7. The molecule has 144 valence electrons. The Morgan fingerprint density at radius 1 is 1.19 bits per heavy atom. The average Bonchev–Trinajstić information content (AvgIpc) is 2.49. The summed E-state index contributed by atoms with van der Waals surface area (Å²) < 4.78 is 5.29. The van der Waals surface area contributed by atoms with E-state index in [1.807, 2.05) is 19.0 Å². The predicted octanol–water partition coefficient (Wildman–Crippen LogP) is 2.25. The molecule has 0 fully saturated rings. The number of esters is 1. The van der Waals surface area contributed by atoms with Crippen molar-refractivity contribution in [1.29, 1.82) is 0 Å². The Balaban J connectivity index is 3.05. The Morgan fingerprint density at radius 2 is 1.81 bits per heavy atom. The molecular formula is C18H27N3O5. The van der Waals surface area contributed by atoms with E-state index in [0.717, 1.165) is 0 Å². The van der Waals surface area contributed by atoms with Gasteiger partial charge in [-0.1, -0.05) is 6.07 Å². The highest BCUT2D eigenvalue weighted by molar-refractivity contribution is 5.96. The van der Waals surface area contributed by atoms with Gasteiger partial charge in [0.1, 0.15) is 12.1 Å². The quantitative estimate of drug-likeness (QED) is 0.418. The summed E-state index contributed by atoms with van der Waals surface area (Å²) >= 11 is 0. The number of hydrogen-bond donors (Lipinski definition) is 0. The van der Waals surface area contributed by atoms with Gasteiger partial charge < -0.3 is 14.5 Å². The van der Waals surface area contributed by atoms with Gasteiger partial charge >= 0.3 is 5.97 Å². The van der Waals surface area contributed by atoms with Gasteiger partial charge in [0.05, 0.1) is 4.92 Å². The van der Waals surface area contributed by atoms with E-state index in [1.165, 1.54) is 23.1 Å². The predicted molar refractivity (Wildman–Crippen MR) is 98.1 cm³/mol. The molecule has 26 heavy (non-hydrogen) atoms. The van der Waals surface area contributed by atoms with E-state index in [9.17, 15) is 19.7 Å². The molecule has 0 saturated heterocycles. The molecule has 0 aromatic heterocycles. The summed E-state index contributed by atoms with van der Waals surface area (Å²) in [6.07, 6.45) is 0. The molecule has 0 spiro atoms. The number of carbonyl (C=O) groups is 2. The molecule has 0 aliphatic heterocycles. The van der Waals surface area contributed by atoms with E-state index in [1.54, 1.807) is 27.7 Å². The summed E-state index contributed by atoms with van der Waals surface area (Å²) in [5, 5.41) is 11.1. The zero-order chi connectivity index (χ0) is 20.1. The lowest BCUT2D eigenvalue weighted by molar-refractivity contribution is -0.385. The lowest BCUT2D eigenvalue weighted by Gasteiger charge is -2.26. The highest BCUT2D eigenvalue weighted by Crippen LogP contribution is 2.20. The maximum Gasteiger partial charge on any atom is 0.326 e. The molecule has 1 aromatic carbocycles. The maximum absolute atomic E-state index is 12.8. The number of ether oxygens (including phenoxy) is 1.